The highest BCUT2D eigenvalue weighted by molar-refractivity contribution is 7.89. The van der Waals surface area contributed by atoms with Gasteiger partial charge in [0.2, 0.25) is 10.0 Å². The predicted octanol–water partition coefficient (Wildman–Crippen LogP) is 1.35. The first-order valence-electron chi connectivity index (χ1n) is 8.38. The third-order valence-corrected chi connectivity index (χ3v) is 5.42. The number of fused-ring (bicyclic) bond motifs is 1. The van der Waals surface area contributed by atoms with E-state index in [9.17, 15) is 8.42 Å². The van der Waals surface area contributed by atoms with Crippen LogP contribution < -0.4 is 15.4 Å². The van der Waals surface area contributed by atoms with Crippen LogP contribution in [0.1, 0.15) is 0 Å². The molecule has 134 valence electrons. The van der Waals surface area contributed by atoms with Gasteiger partial charge < -0.3 is 10.2 Å². The van der Waals surface area contributed by atoms with Crippen molar-refractivity contribution in [2.24, 2.45) is 5.14 Å². The number of nitrogens with one attached hydrogen (secondary N) is 1. The van der Waals surface area contributed by atoms with Gasteiger partial charge in [-0.15, -0.1) is 0 Å². The molecule has 0 spiro atoms. The second kappa shape index (κ2) is 6.64. The number of hydrogen-bond acceptors (Lipinski definition) is 6. The van der Waals surface area contributed by atoms with E-state index in [1.807, 2.05) is 18.2 Å². The molecule has 1 fully saturated rings. The lowest BCUT2D eigenvalue weighted by atomic mass is 10.1. The topological polar surface area (TPSA) is 101 Å². The minimum atomic E-state index is -3.85. The van der Waals surface area contributed by atoms with Crippen LogP contribution in [0.25, 0.3) is 22.2 Å². The Kier molecular flexibility index (Phi) is 4.31. The largest absolute Gasteiger partial charge is 0.352 e. The summed E-state index contributed by atoms with van der Waals surface area (Å²) in [6.45, 7) is 3.37. The number of sulfonamides is 1. The van der Waals surface area contributed by atoms with E-state index in [4.69, 9.17) is 10.1 Å². The number of anilines is 1. The summed E-state index contributed by atoms with van der Waals surface area (Å²) in [5, 5.41) is 9.64. The molecule has 0 atom stereocenters. The first-order valence-corrected chi connectivity index (χ1v) is 9.92. The van der Waals surface area contributed by atoms with E-state index in [2.05, 4.69) is 15.2 Å². The maximum absolute atomic E-state index is 12.0. The number of piperazine rings is 1. The third kappa shape index (κ3) is 3.14. The lowest BCUT2D eigenvalue weighted by Crippen LogP contribution is -2.44. The highest BCUT2D eigenvalue weighted by Crippen LogP contribution is 2.31. The van der Waals surface area contributed by atoms with E-state index in [1.54, 1.807) is 24.4 Å². The number of hydrogen-bond donors (Lipinski definition) is 2. The summed E-state index contributed by atoms with van der Waals surface area (Å²) in [5.41, 5.74) is 1.88. The summed E-state index contributed by atoms with van der Waals surface area (Å²) in [6.07, 6.45) is 1.74. The van der Waals surface area contributed by atoms with E-state index in [0.29, 0.717) is 11.3 Å². The number of rotatable bonds is 3. The number of benzene rings is 1. The maximum atomic E-state index is 12.0. The quantitative estimate of drug-likeness (QED) is 0.723. The van der Waals surface area contributed by atoms with Gasteiger partial charge in [-0.2, -0.15) is 0 Å². The number of pyridine rings is 2. The Morgan fingerprint density at radius 2 is 1.85 bits per heavy atom. The summed E-state index contributed by atoms with van der Waals surface area (Å²) >= 11 is 0. The molecule has 3 aromatic rings. The minimum absolute atomic E-state index is 0.0713. The fourth-order valence-electron chi connectivity index (χ4n) is 3.23. The van der Waals surface area contributed by atoms with Crippen molar-refractivity contribution < 1.29 is 8.42 Å². The van der Waals surface area contributed by atoms with Crippen LogP contribution in [0.15, 0.2) is 53.6 Å². The zero-order valence-electron chi connectivity index (χ0n) is 14.1. The predicted molar refractivity (Wildman–Crippen MR) is 101 cm³/mol. The van der Waals surface area contributed by atoms with E-state index in [-0.39, 0.29) is 4.90 Å². The van der Waals surface area contributed by atoms with Gasteiger partial charge in [-0.1, -0.05) is 24.3 Å². The first-order chi connectivity index (χ1) is 12.5. The Balaban J connectivity index is 1.95. The smallest absolute Gasteiger partial charge is 0.238 e. The SMILES string of the molecule is NS(=O)(=O)c1ccccc1-c1cc2cccnc2c(N2CCNCC2)n1. The molecule has 1 saturated heterocycles. The number of nitrogens with two attached hydrogens (primary N) is 1. The number of aromatic nitrogens is 2. The lowest BCUT2D eigenvalue weighted by molar-refractivity contribution is 0.586. The Morgan fingerprint density at radius 1 is 1.08 bits per heavy atom. The van der Waals surface area contributed by atoms with E-state index in [0.717, 1.165) is 42.9 Å². The highest BCUT2D eigenvalue weighted by Gasteiger charge is 2.20. The van der Waals surface area contributed by atoms with Crippen molar-refractivity contribution >= 4 is 26.7 Å². The molecule has 0 unspecified atom stereocenters. The second-order valence-electron chi connectivity index (χ2n) is 6.18. The fraction of sp³-hybridized carbons (Fsp3) is 0.222. The summed E-state index contributed by atoms with van der Waals surface area (Å²) in [4.78, 5) is 11.5. The van der Waals surface area contributed by atoms with Crippen molar-refractivity contribution in [3.63, 3.8) is 0 Å². The van der Waals surface area contributed by atoms with E-state index < -0.39 is 10.0 Å². The molecule has 7 nitrogen and oxygen atoms in total. The van der Waals surface area contributed by atoms with Gasteiger partial charge >= 0.3 is 0 Å². The molecule has 2 aromatic heterocycles. The molecule has 0 amide bonds. The number of primary sulfonamides is 1. The third-order valence-electron chi connectivity index (χ3n) is 4.46. The standard InChI is InChI=1S/C18H19N5O2S/c19-26(24,25)16-6-2-1-5-14(16)15-12-13-4-3-7-21-17(13)18(22-15)23-10-8-20-9-11-23/h1-7,12,20H,8-11H2,(H2,19,24,25). The molecule has 1 aromatic carbocycles. The van der Waals surface area contributed by atoms with Crippen LogP contribution in [0.2, 0.25) is 0 Å². The Morgan fingerprint density at radius 3 is 2.62 bits per heavy atom. The summed E-state index contributed by atoms with van der Waals surface area (Å²) in [6, 6.07) is 12.3. The average molecular weight is 369 g/mol. The van der Waals surface area contributed by atoms with Crippen LogP contribution in [-0.4, -0.2) is 44.6 Å². The molecule has 0 radical (unpaired) electrons. The van der Waals surface area contributed by atoms with Crippen molar-refractivity contribution in [1.82, 2.24) is 15.3 Å². The van der Waals surface area contributed by atoms with Gasteiger partial charge in [-0.3, -0.25) is 4.98 Å². The molecular formula is C18H19N5O2S. The average Bonchev–Trinajstić information content (AvgIpc) is 2.67. The van der Waals surface area contributed by atoms with Crippen molar-refractivity contribution in [2.45, 2.75) is 4.90 Å². The van der Waals surface area contributed by atoms with Crippen LogP contribution >= 0.6 is 0 Å². The second-order valence-corrected chi connectivity index (χ2v) is 7.71. The van der Waals surface area contributed by atoms with Crippen LogP contribution in [-0.2, 0) is 10.0 Å². The summed E-state index contributed by atoms with van der Waals surface area (Å²) in [7, 11) is -3.85. The van der Waals surface area contributed by atoms with Crippen molar-refractivity contribution in [3.05, 3.63) is 48.7 Å². The first kappa shape index (κ1) is 16.9. The van der Waals surface area contributed by atoms with Crippen LogP contribution in [0.5, 0.6) is 0 Å². The molecule has 0 bridgehead atoms. The Labute approximate surface area is 151 Å². The van der Waals surface area contributed by atoms with Gasteiger partial charge in [0, 0.05) is 43.3 Å². The zero-order valence-corrected chi connectivity index (χ0v) is 14.9. The zero-order chi connectivity index (χ0) is 18.1. The molecular weight excluding hydrogens is 350 g/mol. The monoisotopic (exact) mass is 369 g/mol. The van der Waals surface area contributed by atoms with Gasteiger partial charge in [0.05, 0.1) is 10.6 Å². The molecule has 1 aliphatic rings. The number of nitrogens with zero attached hydrogens (tertiary/aromatic N) is 3. The van der Waals surface area contributed by atoms with Gasteiger partial charge in [0.25, 0.3) is 0 Å². The normalized spacial score (nSPS) is 15.3. The molecule has 0 aliphatic carbocycles. The summed E-state index contributed by atoms with van der Waals surface area (Å²) in [5.74, 6) is 0.767. The highest BCUT2D eigenvalue weighted by atomic mass is 32.2. The molecule has 3 heterocycles. The van der Waals surface area contributed by atoms with Gasteiger partial charge in [-0.25, -0.2) is 18.5 Å². The van der Waals surface area contributed by atoms with Gasteiger partial charge in [0.1, 0.15) is 5.52 Å². The van der Waals surface area contributed by atoms with Crippen LogP contribution in [0, 0.1) is 0 Å². The van der Waals surface area contributed by atoms with Crippen molar-refractivity contribution in [3.8, 4) is 11.3 Å². The molecule has 8 heteroatoms. The molecule has 26 heavy (non-hydrogen) atoms. The van der Waals surface area contributed by atoms with E-state index in [1.165, 1.54) is 6.07 Å². The van der Waals surface area contributed by atoms with Crippen LogP contribution in [0.3, 0.4) is 0 Å². The van der Waals surface area contributed by atoms with Crippen LogP contribution in [0.4, 0.5) is 5.82 Å². The maximum Gasteiger partial charge on any atom is 0.238 e. The fourth-order valence-corrected chi connectivity index (χ4v) is 3.98. The van der Waals surface area contributed by atoms with Crippen molar-refractivity contribution in [2.75, 3.05) is 31.1 Å². The summed E-state index contributed by atoms with van der Waals surface area (Å²) < 4.78 is 24.0. The lowest BCUT2D eigenvalue weighted by Gasteiger charge is -2.29. The Hall–Kier alpha value is -2.55. The van der Waals surface area contributed by atoms with E-state index >= 15 is 0 Å². The minimum Gasteiger partial charge on any atom is -0.352 e. The van der Waals surface area contributed by atoms with Crippen molar-refractivity contribution in [1.29, 1.82) is 0 Å². The van der Waals surface area contributed by atoms with Gasteiger partial charge in [0.15, 0.2) is 5.82 Å². The Bertz CT molecular complexity index is 1060. The molecule has 3 N–H and O–H groups in total. The van der Waals surface area contributed by atoms with Gasteiger partial charge in [-0.05, 0) is 18.2 Å². The molecule has 0 saturated carbocycles. The molecule has 1 aliphatic heterocycles. The molecule has 4 rings (SSSR count).